The van der Waals surface area contributed by atoms with Crippen LogP contribution >= 0.6 is 0 Å². The second-order valence-electron chi connectivity index (χ2n) is 8.69. The highest BCUT2D eigenvalue weighted by atomic mass is 32.2. The summed E-state index contributed by atoms with van der Waals surface area (Å²) >= 11 is 0. The summed E-state index contributed by atoms with van der Waals surface area (Å²) in [4.78, 5) is 17.1. The molecule has 6 heteroatoms. The Morgan fingerprint density at radius 3 is 2.22 bits per heavy atom. The van der Waals surface area contributed by atoms with Crippen molar-refractivity contribution in [3.05, 3.63) is 29.8 Å². The number of hydrogen-bond donors (Lipinski definition) is 0. The molecule has 0 unspecified atom stereocenters. The number of carbonyl (C=O) groups is 1. The minimum atomic E-state index is -3.12. The lowest BCUT2D eigenvalue weighted by Gasteiger charge is -2.47. The number of rotatable bonds is 3. The minimum Gasteiger partial charge on any atom is -0.306 e. The highest BCUT2D eigenvalue weighted by Gasteiger charge is 2.51. The Balaban J connectivity index is 1.65. The molecule has 0 bridgehead atoms. The second-order valence-corrected chi connectivity index (χ2v) is 10.8. The molecule has 4 rings (SSSR count). The molecule has 1 aliphatic carbocycles. The number of hydrogen-bond acceptors (Lipinski definition) is 4. The minimum absolute atomic E-state index is 0.0382. The third-order valence-corrected chi connectivity index (χ3v) is 8.22. The lowest BCUT2D eigenvalue weighted by Crippen LogP contribution is -2.64. The van der Waals surface area contributed by atoms with E-state index in [1.54, 1.807) is 4.90 Å². The first-order chi connectivity index (χ1) is 12.9. The van der Waals surface area contributed by atoms with Crippen LogP contribution in [0.1, 0.15) is 57.4 Å². The van der Waals surface area contributed by atoms with Crippen LogP contribution < -0.4 is 4.90 Å². The van der Waals surface area contributed by atoms with Gasteiger partial charge in [0.1, 0.15) is 0 Å². The molecule has 27 heavy (non-hydrogen) atoms. The largest absolute Gasteiger partial charge is 0.306 e. The van der Waals surface area contributed by atoms with Crippen LogP contribution in [0.5, 0.6) is 0 Å². The Hall–Kier alpha value is -1.40. The normalized spacial score (nSPS) is 29.3. The molecule has 3 fully saturated rings. The van der Waals surface area contributed by atoms with Crippen molar-refractivity contribution in [1.82, 2.24) is 4.90 Å². The van der Waals surface area contributed by atoms with Crippen molar-refractivity contribution in [2.75, 3.05) is 23.0 Å². The summed E-state index contributed by atoms with van der Waals surface area (Å²) in [6, 6.07) is 8.09. The molecule has 0 spiro atoms. The Morgan fingerprint density at radius 2 is 1.59 bits per heavy atom. The summed E-state index contributed by atoms with van der Waals surface area (Å²) in [6.07, 6.45) is 5.78. The van der Waals surface area contributed by atoms with Crippen molar-refractivity contribution in [3.8, 4) is 0 Å². The maximum atomic E-state index is 13.1. The summed E-state index contributed by atoms with van der Waals surface area (Å²) in [5, 5.41) is 0. The van der Waals surface area contributed by atoms with E-state index in [2.05, 4.69) is 30.9 Å². The molecule has 2 saturated heterocycles. The molecular formula is C21H30N2O3S. The maximum absolute atomic E-state index is 13.1. The van der Waals surface area contributed by atoms with Gasteiger partial charge in [-0.2, -0.15) is 0 Å². The fourth-order valence-corrected chi connectivity index (χ4v) is 7.04. The first-order valence-electron chi connectivity index (χ1n) is 10.2. The van der Waals surface area contributed by atoms with Gasteiger partial charge >= 0.3 is 0 Å². The van der Waals surface area contributed by atoms with Crippen molar-refractivity contribution in [3.63, 3.8) is 0 Å². The van der Waals surface area contributed by atoms with E-state index >= 15 is 0 Å². The summed E-state index contributed by atoms with van der Waals surface area (Å²) in [6.45, 7) is 4.62. The quantitative estimate of drug-likeness (QED) is 0.796. The summed E-state index contributed by atoms with van der Waals surface area (Å²) in [5.74, 6) is 0.731. The zero-order valence-electron chi connectivity index (χ0n) is 16.3. The molecule has 2 heterocycles. The molecule has 2 aliphatic heterocycles. The van der Waals surface area contributed by atoms with Crippen LogP contribution in [0.2, 0.25) is 0 Å². The summed E-state index contributed by atoms with van der Waals surface area (Å²) in [7, 11) is -3.12. The molecule has 148 valence electrons. The number of benzene rings is 1. The Labute approximate surface area is 162 Å². The first-order valence-corrected chi connectivity index (χ1v) is 12.1. The van der Waals surface area contributed by atoms with E-state index in [9.17, 15) is 13.2 Å². The van der Waals surface area contributed by atoms with Crippen LogP contribution in [-0.2, 0) is 14.6 Å². The molecule has 1 saturated carbocycles. The number of sulfone groups is 1. The van der Waals surface area contributed by atoms with Gasteiger partial charge in [0, 0.05) is 17.8 Å². The Kier molecular flexibility index (Phi) is 5.06. The van der Waals surface area contributed by atoms with Gasteiger partial charge in [0.05, 0.1) is 24.1 Å². The predicted octanol–water partition coefficient (Wildman–Crippen LogP) is 2.96. The van der Waals surface area contributed by atoms with E-state index in [4.69, 9.17) is 0 Å². The molecule has 2 atom stereocenters. The molecule has 0 N–H and O–H groups in total. The third kappa shape index (κ3) is 3.66. The van der Waals surface area contributed by atoms with Crippen molar-refractivity contribution in [2.24, 2.45) is 0 Å². The molecule has 0 aromatic heterocycles. The van der Waals surface area contributed by atoms with Crippen molar-refractivity contribution in [1.29, 1.82) is 0 Å². The standard InChI is InChI=1S/C21H30N2O3S/c1-15(2)16-8-10-18(11-9-16)23-20-14-27(25,26)13-19(20)22(12-21(23)24)17-6-4-3-5-7-17/h8-11,15,17,19-20H,3-7,12-14H2,1-2H3/t19-,20-/m1/s1. The highest BCUT2D eigenvalue weighted by Crippen LogP contribution is 2.36. The van der Waals surface area contributed by atoms with Gasteiger partial charge in [0.25, 0.3) is 0 Å². The van der Waals surface area contributed by atoms with Crippen LogP contribution in [0, 0.1) is 0 Å². The monoisotopic (exact) mass is 390 g/mol. The van der Waals surface area contributed by atoms with Crippen LogP contribution in [-0.4, -0.2) is 55.4 Å². The zero-order chi connectivity index (χ0) is 19.2. The predicted molar refractivity (Wildman–Crippen MR) is 108 cm³/mol. The SMILES string of the molecule is CC(C)c1ccc(N2C(=O)CN(C3CCCCC3)[C@@H]3CS(=O)(=O)C[C@H]32)cc1. The van der Waals surface area contributed by atoms with E-state index in [1.165, 1.54) is 24.8 Å². The summed E-state index contributed by atoms with van der Waals surface area (Å²) in [5.41, 5.74) is 2.06. The molecule has 1 aromatic rings. The fourth-order valence-electron chi connectivity index (χ4n) is 5.08. The van der Waals surface area contributed by atoms with Crippen LogP contribution in [0.25, 0.3) is 0 Å². The fraction of sp³-hybridized carbons (Fsp3) is 0.667. The number of anilines is 1. The molecular weight excluding hydrogens is 360 g/mol. The van der Waals surface area contributed by atoms with Gasteiger partial charge in [-0.05, 0) is 36.5 Å². The number of amides is 1. The third-order valence-electron chi connectivity index (χ3n) is 6.52. The topological polar surface area (TPSA) is 57.7 Å². The van der Waals surface area contributed by atoms with Crippen molar-refractivity contribution >= 4 is 21.4 Å². The van der Waals surface area contributed by atoms with E-state index in [0.717, 1.165) is 18.5 Å². The van der Waals surface area contributed by atoms with Gasteiger partial charge in [-0.3, -0.25) is 9.69 Å². The van der Waals surface area contributed by atoms with E-state index in [-0.39, 0.29) is 29.5 Å². The van der Waals surface area contributed by atoms with Crippen molar-refractivity contribution in [2.45, 2.75) is 70.0 Å². The summed E-state index contributed by atoms with van der Waals surface area (Å²) < 4.78 is 25.0. The molecule has 1 aromatic carbocycles. The number of carbonyl (C=O) groups excluding carboxylic acids is 1. The van der Waals surface area contributed by atoms with E-state index < -0.39 is 9.84 Å². The molecule has 0 radical (unpaired) electrons. The Morgan fingerprint density at radius 1 is 0.963 bits per heavy atom. The van der Waals surface area contributed by atoms with Gasteiger partial charge in [-0.25, -0.2) is 8.42 Å². The van der Waals surface area contributed by atoms with Crippen LogP contribution in [0.4, 0.5) is 5.69 Å². The smallest absolute Gasteiger partial charge is 0.241 e. The number of fused-ring (bicyclic) bond motifs is 1. The average Bonchev–Trinajstić information content (AvgIpc) is 2.96. The first kappa shape index (κ1) is 18.9. The van der Waals surface area contributed by atoms with Gasteiger partial charge in [0.15, 0.2) is 9.84 Å². The lowest BCUT2D eigenvalue weighted by atomic mass is 9.90. The maximum Gasteiger partial charge on any atom is 0.241 e. The number of piperazine rings is 1. The Bertz CT molecular complexity index is 797. The average molecular weight is 391 g/mol. The van der Waals surface area contributed by atoms with Crippen molar-refractivity contribution < 1.29 is 13.2 Å². The van der Waals surface area contributed by atoms with E-state index in [1.807, 2.05) is 12.1 Å². The molecule has 1 amide bonds. The lowest BCUT2D eigenvalue weighted by molar-refractivity contribution is -0.124. The van der Waals surface area contributed by atoms with Crippen LogP contribution in [0.3, 0.4) is 0 Å². The number of nitrogens with zero attached hydrogens (tertiary/aromatic N) is 2. The highest BCUT2D eigenvalue weighted by molar-refractivity contribution is 7.91. The van der Waals surface area contributed by atoms with E-state index in [0.29, 0.717) is 18.5 Å². The van der Waals surface area contributed by atoms with Crippen LogP contribution in [0.15, 0.2) is 24.3 Å². The molecule has 5 nitrogen and oxygen atoms in total. The zero-order valence-corrected chi connectivity index (χ0v) is 17.1. The van der Waals surface area contributed by atoms with Gasteiger partial charge < -0.3 is 4.90 Å². The molecule has 3 aliphatic rings. The second kappa shape index (κ2) is 7.21. The van der Waals surface area contributed by atoms with Gasteiger partial charge in [-0.1, -0.05) is 45.2 Å². The van der Waals surface area contributed by atoms with Gasteiger partial charge in [0.2, 0.25) is 5.91 Å². The van der Waals surface area contributed by atoms with Gasteiger partial charge in [-0.15, -0.1) is 0 Å².